The highest BCUT2D eigenvalue weighted by Crippen LogP contribution is 2.28. The molecule has 2 aromatic heterocycles. The van der Waals surface area contributed by atoms with Crippen molar-refractivity contribution in [1.29, 1.82) is 0 Å². The molecule has 0 spiro atoms. The number of hydrogen-bond donors (Lipinski definition) is 1. The van der Waals surface area contributed by atoms with Gasteiger partial charge in [0.25, 0.3) is 0 Å². The third-order valence-electron chi connectivity index (χ3n) is 2.72. The van der Waals surface area contributed by atoms with Crippen LogP contribution in [0, 0.1) is 0 Å². The fourth-order valence-corrected chi connectivity index (χ4v) is 3.01. The van der Waals surface area contributed by atoms with E-state index in [0.29, 0.717) is 6.61 Å². The third kappa shape index (κ3) is 4.09. The lowest BCUT2D eigenvalue weighted by atomic mass is 10.3. The molecule has 0 aliphatic rings. The number of nitrogens with zero attached hydrogens (tertiary/aromatic N) is 2. The van der Waals surface area contributed by atoms with Crippen LogP contribution in [0.25, 0.3) is 10.7 Å². The zero-order valence-corrected chi connectivity index (χ0v) is 14.1. The van der Waals surface area contributed by atoms with Crippen LogP contribution in [0.5, 0.6) is 0 Å². The van der Waals surface area contributed by atoms with Crippen molar-refractivity contribution in [3.05, 3.63) is 33.4 Å². The van der Waals surface area contributed by atoms with Gasteiger partial charge in [0.1, 0.15) is 5.01 Å². The Morgan fingerprint density at radius 1 is 1.40 bits per heavy atom. The van der Waals surface area contributed by atoms with E-state index in [-0.39, 0.29) is 0 Å². The molecule has 2 rings (SSSR count). The number of ether oxygens (including phenoxy) is 1. The Kier molecular flexibility index (Phi) is 6.09. The van der Waals surface area contributed by atoms with Gasteiger partial charge in [-0.25, -0.2) is 4.98 Å². The van der Waals surface area contributed by atoms with Gasteiger partial charge in [0, 0.05) is 29.2 Å². The van der Waals surface area contributed by atoms with Crippen molar-refractivity contribution in [1.82, 2.24) is 15.3 Å². The number of halogens is 1. The van der Waals surface area contributed by atoms with Crippen molar-refractivity contribution in [2.24, 2.45) is 0 Å². The van der Waals surface area contributed by atoms with E-state index in [1.54, 1.807) is 24.6 Å². The summed E-state index contributed by atoms with van der Waals surface area (Å²) in [6, 6.07) is 3.96. The van der Waals surface area contributed by atoms with Gasteiger partial charge in [-0.3, -0.25) is 4.98 Å². The van der Waals surface area contributed by atoms with Crippen LogP contribution in [-0.4, -0.2) is 23.6 Å². The lowest BCUT2D eigenvalue weighted by molar-refractivity contribution is 0.181. The zero-order valence-electron chi connectivity index (χ0n) is 11.6. The zero-order chi connectivity index (χ0) is 14.4. The van der Waals surface area contributed by atoms with Gasteiger partial charge < -0.3 is 10.1 Å². The maximum Gasteiger partial charge on any atom is 0.142 e. The lowest BCUT2D eigenvalue weighted by Gasteiger charge is -2.02. The highest BCUT2D eigenvalue weighted by Gasteiger charge is 2.13. The standard InChI is InChI=1S/C14H18BrN3OS/c1-3-6-16-8-13-12(9-19-2)18-14(20-13)11-5-4-10(15)7-17-11/h4-5,7,16H,3,6,8-9H2,1-2H3. The van der Waals surface area contributed by atoms with Gasteiger partial charge in [0.15, 0.2) is 0 Å². The molecule has 0 aliphatic carbocycles. The first-order valence-electron chi connectivity index (χ1n) is 6.54. The minimum atomic E-state index is 0.538. The number of rotatable bonds is 7. The molecule has 4 nitrogen and oxygen atoms in total. The minimum Gasteiger partial charge on any atom is -0.378 e. The van der Waals surface area contributed by atoms with E-state index in [9.17, 15) is 0 Å². The summed E-state index contributed by atoms with van der Waals surface area (Å²) in [4.78, 5) is 10.3. The van der Waals surface area contributed by atoms with Gasteiger partial charge in [0.2, 0.25) is 0 Å². The molecule has 0 saturated carbocycles. The Hall–Kier alpha value is -0.820. The smallest absolute Gasteiger partial charge is 0.142 e. The Morgan fingerprint density at radius 2 is 2.25 bits per heavy atom. The molecule has 2 aromatic rings. The Morgan fingerprint density at radius 3 is 2.90 bits per heavy atom. The lowest BCUT2D eigenvalue weighted by Crippen LogP contribution is -2.14. The molecule has 0 radical (unpaired) electrons. The van der Waals surface area contributed by atoms with E-state index in [2.05, 4.69) is 38.1 Å². The average Bonchev–Trinajstić information content (AvgIpc) is 2.84. The van der Waals surface area contributed by atoms with Crippen LogP contribution in [-0.2, 0) is 17.9 Å². The summed E-state index contributed by atoms with van der Waals surface area (Å²) in [6.45, 7) is 4.54. The number of aromatic nitrogens is 2. The molecule has 0 aliphatic heterocycles. The summed E-state index contributed by atoms with van der Waals surface area (Å²) in [5.74, 6) is 0. The topological polar surface area (TPSA) is 47.0 Å². The molecule has 20 heavy (non-hydrogen) atoms. The molecule has 0 fully saturated rings. The first-order chi connectivity index (χ1) is 9.74. The predicted octanol–water partition coefficient (Wildman–Crippen LogP) is 3.61. The number of pyridine rings is 1. The van der Waals surface area contributed by atoms with Crippen LogP contribution in [0.4, 0.5) is 0 Å². The van der Waals surface area contributed by atoms with Gasteiger partial charge in [-0.2, -0.15) is 0 Å². The van der Waals surface area contributed by atoms with Crippen molar-refractivity contribution in [2.45, 2.75) is 26.5 Å². The fraction of sp³-hybridized carbons (Fsp3) is 0.429. The summed E-state index contributed by atoms with van der Waals surface area (Å²) in [6.07, 6.45) is 2.92. The van der Waals surface area contributed by atoms with Crippen LogP contribution in [0.15, 0.2) is 22.8 Å². The summed E-state index contributed by atoms with van der Waals surface area (Å²) in [7, 11) is 1.69. The summed E-state index contributed by atoms with van der Waals surface area (Å²) < 4.78 is 6.20. The van der Waals surface area contributed by atoms with E-state index in [4.69, 9.17) is 4.74 Å². The number of hydrogen-bond acceptors (Lipinski definition) is 5. The SMILES string of the molecule is CCCNCc1sc(-c2ccc(Br)cn2)nc1COC. The molecule has 0 unspecified atom stereocenters. The summed E-state index contributed by atoms with van der Waals surface area (Å²) in [5.41, 5.74) is 1.90. The van der Waals surface area contributed by atoms with E-state index in [1.165, 1.54) is 4.88 Å². The molecule has 108 valence electrons. The van der Waals surface area contributed by atoms with Crippen molar-refractivity contribution < 1.29 is 4.74 Å². The van der Waals surface area contributed by atoms with Crippen molar-refractivity contribution in [3.8, 4) is 10.7 Å². The van der Waals surface area contributed by atoms with Gasteiger partial charge in [0.05, 0.1) is 18.0 Å². The predicted molar refractivity (Wildman–Crippen MR) is 85.8 cm³/mol. The number of methoxy groups -OCH3 is 1. The van der Waals surface area contributed by atoms with E-state index >= 15 is 0 Å². The summed E-state index contributed by atoms with van der Waals surface area (Å²) >= 11 is 5.07. The molecule has 0 bridgehead atoms. The fourth-order valence-electron chi connectivity index (χ4n) is 1.76. The number of thiazole rings is 1. The molecular formula is C14H18BrN3OS. The molecule has 2 heterocycles. The largest absolute Gasteiger partial charge is 0.378 e. The number of nitrogens with one attached hydrogen (secondary N) is 1. The first kappa shape index (κ1) is 15.6. The average molecular weight is 356 g/mol. The highest BCUT2D eigenvalue weighted by molar-refractivity contribution is 9.10. The Balaban J connectivity index is 2.21. The van der Waals surface area contributed by atoms with Gasteiger partial charge in [-0.05, 0) is 41.0 Å². The monoisotopic (exact) mass is 355 g/mol. The van der Waals surface area contributed by atoms with E-state index < -0.39 is 0 Å². The second-order valence-corrected chi connectivity index (χ2v) is 6.36. The molecule has 0 amide bonds. The van der Waals surface area contributed by atoms with Crippen molar-refractivity contribution in [3.63, 3.8) is 0 Å². The van der Waals surface area contributed by atoms with Crippen LogP contribution < -0.4 is 5.32 Å². The Labute approximate surface area is 131 Å². The molecule has 6 heteroatoms. The maximum atomic E-state index is 5.23. The molecule has 0 aromatic carbocycles. The highest BCUT2D eigenvalue weighted by atomic mass is 79.9. The van der Waals surface area contributed by atoms with Crippen molar-refractivity contribution in [2.75, 3.05) is 13.7 Å². The normalized spacial score (nSPS) is 10.9. The van der Waals surface area contributed by atoms with Crippen LogP contribution in [0.3, 0.4) is 0 Å². The van der Waals surface area contributed by atoms with Crippen LogP contribution >= 0.6 is 27.3 Å². The quantitative estimate of drug-likeness (QED) is 0.770. The van der Waals surface area contributed by atoms with Crippen molar-refractivity contribution >= 4 is 27.3 Å². The summed E-state index contributed by atoms with van der Waals surface area (Å²) in [5, 5.41) is 4.35. The Bertz CT molecular complexity index is 542. The second kappa shape index (κ2) is 7.83. The van der Waals surface area contributed by atoms with Gasteiger partial charge in [-0.1, -0.05) is 6.92 Å². The third-order valence-corrected chi connectivity index (χ3v) is 4.31. The van der Waals surface area contributed by atoms with Crippen LogP contribution in [0.1, 0.15) is 23.9 Å². The molecular weight excluding hydrogens is 338 g/mol. The molecule has 1 N–H and O–H groups in total. The van der Waals surface area contributed by atoms with Crippen LogP contribution in [0.2, 0.25) is 0 Å². The maximum absolute atomic E-state index is 5.23. The minimum absolute atomic E-state index is 0.538. The van der Waals surface area contributed by atoms with E-state index in [0.717, 1.165) is 40.4 Å². The van der Waals surface area contributed by atoms with Gasteiger partial charge in [-0.15, -0.1) is 11.3 Å². The molecule has 0 atom stereocenters. The van der Waals surface area contributed by atoms with Gasteiger partial charge >= 0.3 is 0 Å². The van der Waals surface area contributed by atoms with E-state index in [1.807, 2.05) is 12.1 Å². The molecule has 0 saturated heterocycles. The second-order valence-electron chi connectivity index (χ2n) is 4.36. The first-order valence-corrected chi connectivity index (χ1v) is 8.15.